The molecule has 0 aromatic carbocycles. The van der Waals surface area contributed by atoms with E-state index in [1.165, 1.54) is 4.88 Å². The Morgan fingerprint density at radius 1 is 1.50 bits per heavy atom. The van der Waals surface area contributed by atoms with Crippen LogP contribution in [0.2, 0.25) is 0 Å². The van der Waals surface area contributed by atoms with E-state index in [1.807, 2.05) is 0 Å². The van der Waals surface area contributed by atoms with Crippen LogP contribution in [0.1, 0.15) is 25.6 Å². The van der Waals surface area contributed by atoms with Crippen molar-refractivity contribution in [3.8, 4) is 0 Å². The summed E-state index contributed by atoms with van der Waals surface area (Å²) in [5, 5.41) is 5.64. The van der Waals surface area contributed by atoms with E-state index in [2.05, 4.69) is 43.6 Å². The van der Waals surface area contributed by atoms with Crippen molar-refractivity contribution >= 4 is 11.3 Å². The van der Waals surface area contributed by atoms with Gasteiger partial charge in [0.25, 0.3) is 0 Å². The third-order valence-corrected chi connectivity index (χ3v) is 3.32. The summed E-state index contributed by atoms with van der Waals surface area (Å²) in [5.74, 6) is 0. The Balaban J connectivity index is 2.05. The number of hydrogen-bond acceptors (Lipinski definition) is 3. The Morgan fingerprint density at radius 2 is 2.29 bits per heavy atom. The van der Waals surface area contributed by atoms with Gasteiger partial charge in [0.15, 0.2) is 0 Å². The fourth-order valence-corrected chi connectivity index (χ4v) is 2.82. The Hall–Kier alpha value is -0.380. The highest BCUT2D eigenvalue weighted by atomic mass is 32.1. The molecule has 0 radical (unpaired) electrons. The minimum atomic E-state index is -0.186. The molecule has 1 fully saturated rings. The van der Waals surface area contributed by atoms with Gasteiger partial charge >= 0.3 is 0 Å². The molecule has 1 unspecified atom stereocenters. The van der Waals surface area contributed by atoms with Crippen LogP contribution in [0.25, 0.3) is 0 Å². The second kappa shape index (κ2) is 3.33. The van der Waals surface area contributed by atoms with Crippen molar-refractivity contribution in [2.24, 2.45) is 0 Å². The predicted molar refractivity (Wildman–Crippen MR) is 59.6 cm³/mol. The molecule has 1 atom stereocenters. The summed E-state index contributed by atoms with van der Waals surface area (Å²) in [4.78, 5) is 1.37. The number of hydrogen-bond donors (Lipinski definition) is 1. The molecule has 1 saturated heterocycles. The van der Waals surface area contributed by atoms with Crippen molar-refractivity contribution in [1.82, 2.24) is 5.32 Å². The van der Waals surface area contributed by atoms with E-state index in [4.69, 9.17) is 4.74 Å². The lowest BCUT2D eigenvalue weighted by molar-refractivity contribution is 0.00733. The molecule has 0 bridgehead atoms. The fourth-order valence-electron chi connectivity index (χ4n) is 1.97. The first kappa shape index (κ1) is 10.1. The van der Waals surface area contributed by atoms with Crippen molar-refractivity contribution in [2.45, 2.75) is 38.5 Å². The van der Waals surface area contributed by atoms with Crippen molar-refractivity contribution in [3.05, 3.63) is 22.4 Å². The van der Waals surface area contributed by atoms with E-state index < -0.39 is 0 Å². The zero-order valence-corrected chi connectivity index (χ0v) is 9.78. The minimum Gasteiger partial charge on any atom is -0.359 e. The number of thiophene rings is 1. The van der Waals surface area contributed by atoms with Gasteiger partial charge in [0.1, 0.15) is 5.72 Å². The lowest BCUT2D eigenvalue weighted by atomic mass is 10.1. The highest BCUT2D eigenvalue weighted by Crippen LogP contribution is 2.27. The maximum absolute atomic E-state index is 5.82. The summed E-state index contributed by atoms with van der Waals surface area (Å²) in [6.45, 7) is 7.26. The largest absolute Gasteiger partial charge is 0.359 e. The third kappa shape index (κ3) is 2.16. The van der Waals surface area contributed by atoms with E-state index >= 15 is 0 Å². The summed E-state index contributed by atoms with van der Waals surface area (Å²) in [7, 11) is 0. The molecule has 1 aromatic rings. The average Bonchev–Trinajstić information content (AvgIpc) is 2.60. The summed E-state index contributed by atoms with van der Waals surface area (Å²) >= 11 is 1.79. The van der Waals surface area contributed by atoms with Crippen LogP contribution in [-0.2, 0) is 11.2 Å². The highest BCUT2D eigenvalue weighted by Gasteiger charge is 2.40. The number of ether oxygens (including phenoxy) is 1. The monoisotopic (exact) mass is 211 g/mol. The van der Waals surface area contributed by atoms with Crippen LogP contribution in [-0.4, -0.2) is 17.9 Å². The lowest BCUT2D eigenvalue weighted by Crippen LogP contribution is -2.47. The smallest absolute Gasteiger partial charge is 0.121 e. The van der Waals surface area contributed by atoms with Crippen LogP contribution in [0, 0.1) is 0 Å². The summed E-state index contributed by atoms with van der Waals surface area (Å²) < 4.78 is 5.82. The van der Waals surface area contributed by atoms with E-state index in [0.29, 0.717) is 0 Å². The second-order valence-corrected chi connectivity index (χ2v) is 5.82. The SMILES string of the molecule is CC1(C)COC(C)(Cc2cccs2)N1. The highest BCUT2D eigenvalue weighted by molar-refractivity contribution is 7.09. The molecule has 0 amide bonds. The molecule has 0 saturated carbocycles. The quantitative estimate of drug-likeness (QED) is 0.811. The molecular weight excluding hydrogens is 194 g/mol. The van der Waals surface area contributed by atoms with Gasteiger partial charge in [-0.25, -0.2) is 0 Å². The first-order chi connectivity index (χ1) is 6.49. The molecule has 0 spiro atoms. The first-order valence-corrected chi connectivity index (χ1v) is 5.83. The van der Waals surface area contributed by atoms with Gasteiger partial charge in [-0.1, -0.05) is 6.07 Å². The molecule has 1 N–H and O–H groups in total. The van der Waals surface area contributed by atoms with Gasteiger partial charge in [0, 0.05) is 16.8 Å². The zero-order valence-electron chi connectivity index (χ0n) is 8.96. The van der Waals surface area contributed by atoms with Gasteiger partial charge in [0.2, 0.25) is 0 Å². The summed E-state index contributed by atoms with van der Waals surface area (Å²) in [6.07, 6.45) is 0.952. The molecule has 0 aliphatic carbocycles. The van der Waals surface area contributed by atoms with Crippen LogP contribution in [0.4, 0.5) is 0 Å². The Bertz CT molecular complexity index is 307. The molecule has 1 aliphatic heterocycles. The normalized spacial score (nSPS) is 30.8. The predicted octanol–water partition coefficient (Wildman–Crippen LogP) is 2.41. The molecule has 2 rings (SSSR count). The Kier molecular flexibility index (Phi) is 2.41. The van der Waals surface area contributed by atoms with Gasteiger partial charge in [-0.3, -0.25) is 5.32 Å². The van der Waals surface area contributed by atoms with Crippen LogP contribution < -0.4 is 5.32 Å². The molecule has 1 aliphatic rings. The van der Waals surface area contributed by atoms with E-state index in [0.717, 1.165) is 13.0 Å². The van der Waals surface area contributed by atoms with Gasteiger partial charge < -0.3 is 4.74 Å². The molecule has 3 heteroatoms. The summed E-state index contributed by atoms with van der Waals surface area (Å²) in [5.41, 5.74) is -0.0830. The van der Waals surface area contributed by atoms with Gasteiger partial charge in [-0.05, 0) is 32.2 Å². The average molecular weight is 211 g/mol. The van der Waals surface area contributed by atoms with Crippen molar-refractivity contribution < 1.29 is 4.74 Å². The first-order valence-electron chi connectivity index (χ1n) is 4.95. The van der Waals surface area contributed by atoms with Crippen LogP contribution in [0.5, 0.6) is 0 Å². The topological polar surface area (TPSA) is 21.3 Å². The van der Waals surface area contributed by atoms with Crippen LogP contribution >= 0.6 is 11.3 Å². The standard InChI is InChI=1S/C11H17NOS/c1-10(2)8-13-11(3,12-10)7-9-5-4-6-14-9/h4-6,12H,7-8H2,1-3H3. The maximum Gasteiger partial charge on any atom is 0.121 e. The summed E-state index contributed by atoms with van der Waals surface area (Å²) in [6, 6.07) is 4.25. The molecule has 2 heterocycles. The molecular formula is C11H17NOS. The second-order valence-electron chi connectivity index (χ2n) is 4.78. The number of nitrogens with one attached hydrogen (secondary N) is 1. The van der Waals surface area contributed by atoms with Crippen molar-refractivity contribution in [2.75, 3.05) is 6.61 Å². The van der Waals surface area contributed by atoms with Crippen LogP contribution in [0.3, 0.4) is 0 Å². The number of rotatable bonds is 2. The van der Waals surface area contributed by atoms with Crippen LogP contribution in [0.15, 0.2) is 17.5 Å². The minimum absolute atomic E-state index is 0.103. The molecule has 2 nitrogen and oxygen atoms in total. The molecule has 14 heavy (non-hydrogen) atoms. The fraction of sp³-hybridized carbons (Fsp3) is 0.636. The maximum atomic E-state index is 5.82. The lowest BCUT2D eigenvalue weighted by Gasteiger charge is -2.26. The van der Waals surface area contributed by atoms with Gasteiger partial charge in [-0.2, -0.15) is 0 Å². The van der Waals surface area contributed by atoms with E-state index in [-0.39, 0.29) is 11.3 Å². The molecule has 1 aromatic heterocycles. The van der Waals surface area contributed by atoms with E-state index in [1.54, 1.807) is 11.3 Å². The van der Waals surface area contributed by atoms with Gasteiger partial charge in [0.05, 0.1) is 6.61 Å². The third-order valence-electron chi connectivity index (χ3n) is 2.45. The van der Waals surface area contributed by atoms with Crippen molar-refractivity contribution in [1.29, 1.82) is 0 Å². The zero-order chi connectivity index (χ0) is 10.2. The van der Waals surface area contributed by atoms with Crippen molar-refractivity contribution in [3.63, 3.8) is 0 Å². The Morgan fingerprint density at radius 3 is 2.79 bits per heavy atom. The van der Waals surface area contributed by atoms with Gasteiger partial charge in [-0.15, -0.1) is 11.3 Å². The Labute approximate surface area is 89.3 Å². The van der Waals surface area contributed by atoms with E-state index in [9.17, 15) is 0 Å². The molecule has 78 valence electrons.